The standard InChI is InChI=1S/C13H24N2O2S2/c1-6-9(2)11(4)15-19(16,17)13-10(3)8-18-12(13)7-14-5/h8-9,11,14-15H,6-7H2,1-5H3. The van der Waals surface area contributed by atoms with Crippen LogP contribution in [-0.2, 0) is 16.6 Å². The van der Waals surface area contributed by atoms with E-state index in [1.165, 1.54) is 11.3 Å². The zero-order chi connectivity index (χ0) is 14.6. The molecule has 2 atom stereocenters. The fourth-order valence-electron chi connectivity index (χ4n) is 1.90. The monoisotopic (exact) mass is 304 g/mol. The molecule has 0 spiro atoms. The van der Waals surface area contributed by atoms with Gasteiger partial charge in [-0.25, -0.2) is 13.1 Å². The molecule has 1 aromatic heterocycles. The summed E-state index contributed by atoms with van der Waals surface area (Å²) in [4.78, 5) is 1.31. The number of rotatable bonds is 7. The Balaban J connectivity index is 3.03. The first-order chi connectivity index (χ1) is 8.83. The van der Waals surface area contributed by atoms with Crippen molar-refractivity contribution < 1.29 is 8.42 Å². The Labute approximate surface area is 120 Å². The van der Waals surface area contributed by atoms with Gasteiger partial charge in [-0.1, -0.05) is 20.3 Å². The fourth-order valence-corrected chi connectivity index (χ4v) is 5.08. The quantitative estimate of drug-likeness (QED) is 0.813. The van der Waals surface area contributed by atoms with E-state index in [9.17, 15) is 8.42 Å². The van der Waals surface area contributed by atoms with Crippen LogP contribution in [0.25, 0.3) is 0 Å². The van der Waals surface area contributed by atoms with Gasteiger partial charge in [-0.15, -0.1) is 11.3 Å². The van der Waals surface area contributed by atoms with Crippen LogP contribution in [0.5, 0.6) is 0 Å². The maximum Gasteiger partial charge on any atom is 0.242 e. The third kappa shape index (κ3) is 4.02. The van der Waals surface area contributed by atoms with E-state index in [0.717, 1.165) is 16.9 Å². The third-order valence-electron chi connectivity index (χ3n) is 3.43. The second-order valence-electron chi connectivity index (χ2n) is 5.00. The van der Waals surface area contributed by atoms with Gasteiger partial charge in [0.2, 0.25) is 10.0 Å². The van der Waals surface area contributed by atoms with Crippen LogP contribution < -0.4 is 10.0 Å². The summed E-state index contributed by atoms with van der Waals surface area (Å²) in [6, 6.07) is -0.0586. The average molecular weight is 304 g/mol. The van der Waals surface area contributed by atoms with Gasteiger partial charge < -0.3 is 5.32 Å². The van der Waals surface area contributed by atoms with Gasteiger partial charge in [0.15, 0.2) is 0 Å². The van der Waals surface area contributed by atoms with Gasteiger partial charge in [0.1, 0.15) is 4.90 Å². The Bertz CT molecular complexity index is 509. The van der Waals surface area contributed by atoms with E-state index in [2.05, 4.69) is 23.9 Å². The maximum atomic E-state index is 12.5. The highest BCUT2D eigenvalue weighted by atomic mass is 32.2. The molecule has 0 aliphatic heterocycles. The third-order valence-corrected chi connectivity index (χ3v) is 6.46. The number of sulfonamides is 1. The smallest absolute Gasteiger partial charge is 0.242 e. The van der Waals surface area contributed by atoms with Crippen molar-refractivity contribution in [3.05, 3.63) is 15.8 Å². The number of thiophene rings is 1. The Morgan fingerprint density at radius 2 is 2.00 bits per heavy atom. The molecule has 6 heteroatoms. The van der Waals surface area contributed by atoms with Crippen molar-refractivity contribution in [2.24, 2.45) is 5.92 Å². The first kappa shape index (κ1) is 16.6. The molecule has 0 radical (unpaired) electrons. The Kier molecular flexibility index (Phi) is 5.98. The number of hydrogen-bond acceptors (Lipinski definition) is 4. The molecule has 0 amide bonds. The molecule has 2 N–H and O–H groups in total. The predicted molar refractivity (Wildman–Crippen MR) is 81.1 cm³/mol. The van der Waals surface area contributed by atoms with Gasteiger partial charge in [-0.3, -0.25) is 0 Å². The highest BCUT2D eigenvalue weighted by Gasteiger charge is 2.25. The summed E-state index contributed by atoms with van der Waals surface area (Å²) < 4.78 is 27.8. The van der Waals surface area contributed by atoms with Crippen molar-refractivity contribution in [2.45, 2.75) is 51.6 Å². The van der Waals surface area contributed by atoms with Crippen LogP contribution in [-0.4, -0.2) is 21.5 Å². The molecule has 1 aromatic rings. The van der Waals surface area contributed by atoms with Gasteiger partial charge in [0.05, 0.1) is 0 Å². The first-order valence-corrected chi connectivity index (χ1v) is 8.93. The van der Waals surface area contributed by atoms with E-state index >= 15 is 0 Å². The number of nitrogens with one attached hydrogen (secondary N) is 2. The topological polar surface area (TPSA) is 58.2 Å². The molecule has 4 nitrogen and oxygen atoms in total. The molecule has 19 heavy (non-hydrogen) atoms. The van der Waals surface area contributed by atoms with E-state index in [0.29, 0.717) is 17.4 Å². The SMILES string of the molecule is CCC(C)C(C)NS(=O)(=O)c1c(C)csc1CNC. The van der Waals surface area contributed by atoms with Crippen molar-refractivity contribution in [3.8, 4) is 0 Å². The van der Waals surface area contributed by atoms with Gasteiger partial charge >= 0.3 is 0 Å². The van der Waals surface area contributed by atoms with Crippen LogP contribution in [0.1, 0.15) is 37.6 Å². The minimum Gasteiger partial charge on any atom is -0.315 e. The van der Waals surface area contributed by atoms with Crippen molar-refractivity contribution in [1.82, 2.24) is 10.0 Å². The lowest BCUT2D eigenvalue weighted by Gasteiger charge is -2.20. The molecule has 2 unspecified atom stereocenters. The molecule has 0 fully saturated rings. The summed E-state index contributed by atoms with van der Waals surface area (Å²) in [6.07, 6.45) is 0.954. The van der Waals surface area contributed by atoms with Crippen LogP contribution in [0.3, 0.4) is 0 Å². The minimum atomic E-state index is -3.43. The molecule has 0 saturated carbocycles. The molecule has 0 aromatic carbocycles. The average Bonchev–Trinajstić information content (AvgIpc) is 2.70. The summed E-state index contributed by atoms with van der Waals surface area (Å²) in [7, 11) is -1.61. The molecule has 0 bridgehead atoms. The Morgan fingerprint density at radius 1 is 1.37 bits per heavy atom. The highest BCUT2D eigenvalue weighted by Crippen LogP contribution is 2.27. The highest BCUT2D eigenvalue weighted by molar-refractivity contribution is 7.89. The number of aryl methyl sites for hydroxylation is 1. The van der Waals surface area contributed by atoms with Crippen LogP contribution in [0.15, 0.2) is 10.3 Å². The van der Waals surface area contributed by atoms with E-state index in [1.807, 2.05) is 26.3 Å². The summed E-state index contributed by atoms with van der Waals surface area (Å²) >= 11 is 1.49. The van der Waals surface area contributed by atoms with E-state index < -0.39 is 10.0 Å². The van der Waals surface area contributed by atoms with Crippen LogP contribution in [0.4, 0.5) is 0 Å². The van der Waals surface area contributed by atoms with Crippen molar-refractivity contribution in [3.63, 3.8) is 0 Å². The molecular formula is C13H24N2O2S2. The van der Waals surface area contributed by atoms with E-state index in [4.69, 9.17) is 0 Å². The first-order valence-electron chi connectivity index (χ1n) is 6.57. The second kappa shape index (κ2) is 6.83. The normalized spacial score (nSPS) is 15.4. The Hall–Kier alpha value is -0.430. The molecule has 1 heterocycles. The lowest BCUT2D eigenvalue weighted by Crippen LogP contribution is -2.37. The van der Waals surface area contributed by atoms with E-state index in [-0.39, 0.29) is 6.04 Å². The zero-order valence-corrected chi connectivity index (χ0v) is 13.9. The van der Waals surface area contributed by atoms with Gasteiger partial charge in [-0.2, -0.15) is 0 Å². The Morgan fingerprint density at radius 3 is 2.53 bits per heavy atom. The molecule has 110 valence electrons. The zero-order valence-electron chi connectivity index (χ0n) is 12.3. The van der Waals surface area contributed by atoms with Crippen molar-refractivity contribution in [1.29, 1.82) is 0 Å². The minimum absolute atomic E-state index is 0.0586. The largest absolute Gasteiger partial charge is 0.315 e. The predicted octanol–water partition coefficient (Wildman–Crippen LogP) is 2.49. The van der Waals surface area contributed by atoms with Gasteiger partial charge in [-0.05, 0) is 37.8 Å². The summed E-state index contributed by atoms with van der Waals surface area (Å²) in [6.45, 7) is 8.47. The molecule has 0 aliphatic rings. The maximum absolute atomic E-state index is 12.5. The molecule has 0 aliphatic carbocycles. The van der Waals surface area contributed by atoms with Crippen molar-refractivity contribution in [2.75, 3.05) is 7.05 Å². The van der Waals surface area contributed by atoms with Gasteiger partial charge in [0, 0.05) is 17.5 Å². The lowest BCUT2D eigenvalue weighted by atomic mass is 10.0. The summed E-state index contributed by atoms with van der Waals surface area (Å²) in [5.41, 5.74) is 0.819. The lowest BCUT2D eigenvalue weighted by molar-refractivity contribution is 0.433. The van der Waals surface area contributed by atoms with Gasteiger partial charge in [0.25, 0.3) is 0 Å². The fraction of sp³-hybridized carbons (Fsp3) is 0.692. The number of hydrogen-bond donors (Lipinski definition) is 2. The van der Waals surface area contributed by atoms with Crippen LogP contribution in [0, 0.1) is 12.8 Å². The van der Waals surface area contributed by atoms with Crippen LogP contribution in [0.2, 0.25) is 0 Å². The molecular weight excluding hydrogens is 280 g/mol. The van der Waals surface area contributed by atoms with Crippen molar-refractivity contribution >= 4 is 21.4 Å². The molecule has 0 saturated heterocycles. The second-order valence-corrected chi connectivity index (χ2v) is 7.61. The summed E-state index contributed by atoms with van der Waals surface area (Å²) in [5.74, 6) is 0.321. The molecule has 1 rings (SSSR count). The summed E-state index contributed by atoms with van der Waals surface area (Å²) in [5, 5.41) is 4.91. The van der Waals surface area contributed by atoms with Crippen LogP contribution >= 0.6 is 11.3 Å². The van der Waals surface area contributed by atoms with E-state index in [1.54, 1.807) is 0 Å².